The molecule has 0 bridgehead atoms. The monoisotopic (exact) mass is 436 g/mol. The Balaban J connectivity index is 1.78. The third-order valence-electron chi connectivity index (χ3n) is 3.83. The summed E-state index contributed by atoms with van der Waals surface area (Å²) in [5, 5.41) is 0. The second kappa shape index (κ2) is 7.08. The van der Waals surface area contributed by atoms with Crippen molar-refractivity contribution in [2.24, 2.45) is 0 Å². The van der Waals surface area contributed by atoms with E-state index in [4.69, 9.17) is 10.5 Å². The van der Waals surface area contributed by atoms with Crippen molar-refractivity contribution < 1.29 is 14.0 Å². The maximum absolute atomic E-state index is 11.9. The molecule has 10 nitrogen and oxygen atoms in total. The molecule has 3 rings (SSSR count). The van der Waals surface area contributed by atoms with Crippen LogP contribution >= 0.6 is 15.9 Å². The first-order valence-corrected chi connectivity index (χ1v) is 8.78. The molecule has 0 atom stereocenters. The molecule has 3 N–H and O–H groups in total. The van der Waals surface area contributed by atoms with Gasteiger partial charge >= 0.3 is 11.6 Å². The van der Waals surface area contributed by atoms with E-state index in [0.717, 1.165) is 5.56 Å². The van der Waals surface area contributed by atoms with Crippen LogP contribution in [0.1, 0.15) is 5.56 Å². The number of imidazole rings is 1. The van der Waals surface area contributed by atoms with Gasteiger partial charge in [0.05, 0.1) is 27.7 Å². The fourth-order valence-corrected chi connectivity index (χ4v) is 2.72. The van der Waals surface area contributed by atoms with Crippen LogP contribution in [0, 0.1) is 0 Å². The van der Waals surface area contributed by atoms with Crippen LogP contribution in [0.3, 0.4) is 0 Å². The molecule has 0 spiro atoms. The van der Waals surface area contributed by atoms with E-state index in [9.17, 15) is 9.59 Å². The van der Waals surface area contributed by atoms with E-state index < -0.39 is 5.69 Å². The summed E-state index contributed by atoms with van der Waals surface area (Å²) in [5.74, 6) is 0.450. The zero-order valence-corrected chi connectivity index (χ0v) is 16.6. The smallest absolute Gasteiger partial charge is 0.350 e. The average Bonchev–Trinajstić information content (AvgIpc) is 2.89. The Morgan fingerprint density at radius 2 is 2.07 bits per heavy atom. The molecule has 0 aliphatic carbocycles. The average molecular weight is 437 g/mol. The third kappa shape index (κ3) is 4.14. The lowest BCUT2D eigenvalue weighted by molar-refractivity contribution is -0.792. The van der Waals surface area contributed by atoms with Gasteiger partial charge in [-0.1, -0.05) is 6.07 Å². The number of hydrogen-bond donors (Lipinski definition) is 2. The van der Waals surface area contributed by atoms with E-state index in [1.54, 1.807) is 38.0 Å². The minimum atomic E-state index is -0.544. The minimum absolute atomic E-state index is 0.0560. The molecule has 3 heterocycles. The lowest BCUT2D eigenvalue weighted by Crippen LogP contribution is -2.44. The Morgan fingerprint density at radius 3 is 2.70 bits per heavy atom. The lowest BCUT2D eigenvalue weighted by atomic mass is 10.3. The Labute approximate surface area is 162 Å². The number of likely N-dealkylation sites (N-methyl/N-ethyl adjacent to an activating group) is 1. The number of pyridine rings is 1. The molecule has 0 saturated carbocycles. The Hall–Kier alpha value is -2.79. The molecule has 11 heteroatoms. The SMILES string of the molecule is C[N+](C)(C)C(=O)COc1ccc(Cn2c(Br)nc3c(N)[nH]c(=O)nc32)cn1. The summed E-state index contributed by atoms with van der Waals surface area (Å²) in [6, 6.07) is 3.49. The van der Waals surface area contributed by atoms with Gasteiger partial charge in [-0.05, 0) is 21.5 Å². The first-order chi connectivity index (χ1) is 12.6. The zero-order valence-electron chi connectivity index (χ0n) is 15.1. The number of carbonyl (C=O) groups is 1. The van der Waals surface area contributed by atoms with Crippen molar-refractivity contribution in [1.29, 1.82) is 0 Å². The number of ether oxygens (including phenoxy) is 1. The highest BCUT2D eigenvalue weighted by Crippen LogP contribution is 2.22. The first-order valence-electron chi connectivity index (χ1n) is 7.99. The zero-order chi connectivity index (χ0) is 19.8. The molecular formula is C16H19BrN7O3+. The number of anilines is 1. The van der Waals surface area contributed by atoms with E-state index in [-0.39, 0.29) is 22.8 Å². The number of nitrogens with zero attached hydrogens (tertiary/aromatic N) is 5. The summed E-state index contributed by atoms with van der Waals surface area (Å²) in [6.45, 7) is 0.317. The number of nitrogen functional groups attached to an aromatic ring is 1. The van der Waals surface area contributed by atoms with Crippen LogP contribution < -0.4 is 16.2 Å². The number of aromatic nitrogens is 5. The summed E-state index contributed by atoms with van der Waals surface area (Å²) >= 11 is 3.36. The summed E-state index contributed by atoms with van der Waals surface area (Å²) in [5.41, 5.74) is 6.86. The van der Waals surface area contributed by atoms with Gasteiger partial charge in [0, 0.05) is 12.3 Å². The molecule has 3 aromatic heterocycles. The standard InChI is InChI=1S/C16H18BrN7O3/c1-24(2,3)11(25)8-27-10-5-4-9(6-19-10)7-23-14-12(20-15(23)17)13(18)21-16(26)22-14/h4-6H,7-8H2,1-3H3,(H2-,18,21,22,26)/p+1. The van der Waals surface area contributed by atoms with Crippen LogP contribution in [0.15, 0.2) is 27.9 Å². The molecule has 0 fully saturated rings. The van der Waals surface area contributed by atoms with Crippen molar-refractivity contribution in [3.05, 3.63) is 39.1 Å². The number of fused-ring (bicyclic) bond motifs is 1. The molecule has 0 saturated heterocycles. The summed E-state index contributed by atoms with van der Waals surface area (Å²) in [6.07, 6.45) is 1.63. The van der Waals surface area contributed by atoms with Gasteiger partial charge in [-0.2, -0.15) is 4.98 Å². The van der Waals surface area contributed by atoms with Crippen LogP contribution in [0.2, 0.25) is 0 Å². The number of hydrogen-bond acceptors (Lipinski definition) is 7. The number of halogens is 1. The van der Waals surface area contributed by atoms with E-state index in [1.807, 2.05) is 6.07 Å². The molecule has 0 aliphatic heterocycles. The van der Waals surface area contributed by atoms with Gasteiger partial charge in [-0.15, -0.1) is 0 Å². The minimum Gasteiger partial charge on any atom is -0.463 e. The number of amides is 1. The fraction of sp³-hybridized carbons (Fsp3) is 0.312. The van der Waals surface area contributed by atoms with Crippen LogP contribution in [0.5, 0.6) is 5.88 Å². The normalized spacial score (nSPS) is 11.7. The molecular weight excluding hydrogens is 418 g/mol. The summed E-state index contributed by atoms with van der Waals surface area (Å²) in [4.78, 5) is 38.3. The van der Waals surface area contributed by atoms with E-state index in [1.165, 1.54) is 0 Å². The second-order valence-corrected chi connectivity index (χ2v) is 7.50. The van der Waals surface area contributed by atoms with Crippen LogP contribution in [0.4, 0.5) is 5.82 Å². The molecule has 142 valence electrons. The van der Waals surface area contributed by atoms with E-state index in [0.29, 0.717) is 28.3 Å². The molecule has 0 aromatic carbocycles. The fourth-order valence-electron chi connectivity index (χ4n) is 2.25. The van der Waals surface area contributed by atoms with Crippen LogP contribution in [-0.2, 0) is 11.3 Å². The van der Waals surface area contributed by atoms with Crippen molar-refractivity contribution in [3.63, 3.8) is 0 Å². The van der Waals surface area contributed by atoms with Gasteiger partial charge < -0.3 is 10.5 Å². The number of carbonyl (C=O) groups excluding carboxylic acids is 1. The van der Waals surface area contributed by atoms with E-state index in [2.05, 4.69) is 35.9 Å². The summed E-state index contributed by atoms with van der Waals surface area (Å²) < 4.78 is 7.80. The highest BCUT2D eigenvalue weighted by Gasteiger charge is 2.21. The Bertz CT molecular complexity index is 1050. The summed E-state index contributed by atoms with van der Waals surface area (Å²) in [7, 11) is 5.34. The quantitative estimate of drug-likeness (QED) is 0.440. The molecule has 0 unspecified atom stereocenters. The molecule has 0 radical (unpaired) electrons. The van der Waals surface area contributed by atoms with Crippen molar-refractivity contribution >= 4 is 38.8 Å². The molecule has 3 aromatic rings. The molecule has 1 amide bonds. The Morgan fingerprint density at radius 1 is 1.33 bits per heavy atom. The maximum atomic E-state index is 11.9. The van der Waals surface area contributed by atoms with Gasteiger partial charge in [0.2, 0.25) is 12.5 Å². The Kier molecular flexibility index (Phi) is 4.98. The highest BCUT2D eigenvalue weighted by atomic mass is 79.9. The molecule has 27 heavy (non-hydrogen) atoms. The number of nitrogens with two attached hydrogens (primary N) is 1. The lowest BCUT2D eigenvalue weighted by Gasteiger charge is -2.20. The third-order valence-corrected chi connectivity index (χ3v) is 4.43. The topological polar surface area (TPSA) is 129 Å². The van der Waals surface area contributed by atoms with Gasteiger partial charge in [0.25, 0.3) is 0 Å². The van der Waals surface area contributed by atoms with Gasteiger partial charge in [-0.25, -0.2) is 19.6 Å². The van der Waals surface area contributed by atoms with Crippen LogP contribution in [-0.4, -0.2) is 62.6 Å². The van der Waals surface area contributed by atoms with Gasteiger partial charge in [0.15, 0.2) is 10.4 Å². The second-order valence-electron chi connectivity index (χ2n) is 6.79. The number of quaternary nitrogens is 1. The van der Waals surface area contributed by atoms with Gasteiger partial charge in [0.1, 0.15) is 11.3 Å². The first kappa shape index (κ1) is 19.0. The maximum Gasteiger partial charge on any atom is 0.350 e. The van der Waals surface area contributed by atoms with E-state index >= 15 is 0 Å². The van der Waals surface area contributed by atoms with Crippen molar-refractivity contribution in [1.82, 2.24) is 24.5 Å². The van der Waals surface area contributed by atoms with Crippen molar-refractivity contribution in [2.45, 2.75) is 6.54 Å². The predicted octanol–water partition coefficient (Wildman–Crippen LogP) is 0.519. The van der Waals surface area contributed by atoms with Crippen LogP contribution in [0.25, 0.3) is 11.2 Å². The van der Waals surface area contributed by atoms with Crippen molar-refractivity contribution in [2.75, 3.05) is 33.5 Å². The van der Waals surface area contributed by atoms with Gasteiger partial charge in [-0.3, -0.25) is 14.0 Å². The number of nitrogens with one attached hydrogen (secondary N) is 1. The van der Waals surface area contributed by atoms with Crippen molar-refractivity contribution in [3.8, 4) is 5.88 Å². The predicted molar refractivity (Wildman–Crippen MR) is 102 cm³/mol. The largest absolute Gasteiger partial charge is 0.463 e. The number of rotatable bonds is 5. The highest BCUT2D eigenvalue weighted by molar-refractivity contribution is 9.10. The number of H-pyrrole nitrogens is 1. The molecule has 0 aliphatic rings. The number of aromatic amines is 1.